The van der Waals surface area contributed by atoms with Crippen LogP contribution in [0.4, 0.5) is 34.1 Å². The maximum atomic E-state index is 2.57. The van der Waals surface area contributed by atoms with E-state index in [0.29, 0.717) is 0 Å². The average molecular weight is 1060 g/mol. The summed E-state index contributed by atoms with van der Waals surface area (Å²) in [7, 11) is 2.20. The molecule has 0 N–H and O–H groups in total. The van der Waals surface area contributed by atoms with E-state index in [1.807, 2.05) is 0 Å². The molecule has 14 aromatic rings. The van der Waals surface area contributed by atoms with Crippen molar-refractivity contribution in [3.8, 4) is 66.8 Å². The number of benzene rings is 13. The number of para-hydroxylation sites is 4. The highest BCUT2D eigenvalue weighted by molar-refractivity contribution is 6.10. The highest BCUT2D eigenvalue weighted by Gasteiger charge is 2.53. The zero-order valence-electron chi connectivity index (χ0n) is 45.9. The first-order valence-electron chi connectivity index (χ1n) is 28.7. The molecule has 0 saturated heterocycles. The van der Waals surface area contributed by atoms with Gasteiger partial charge in [-0.3, -0.25) is 0 Å². The summed E-state index contributed by atoms with van der Waals surface area (Å²) in [5.74, 6) is 0. The Morgan fingerprint density at radius 1 is 0.241 bits per heavy atom. The van der Waals surface area contributed by atoms with E-state index < -0.39 is 5.41 Å². The molecule has 0 amide bonds. The van der Waals surface area contributed by atoms with Crippen LogP contribution in [-0.2, 0) is 12.5 Å². The van der Waals surface area contributed by atoms with Gasteiger partial charge in [-0.05, 0) is 157 Å². The van der Waals surface area contributed by atoms with Crippen molar-refractivity contribution >= 4 is 55.9 Å². The molecule has 3 nitrogen and oxygen atoms in total. The summed E-state index contributed by atoms with van der Waals surface area (Å²) in [5.41, 5.74) is 27.6. The maximum Gasteiger partial charge on any atom is 0.0727 e. The summed E-state index contributed by atoms with van der Waals surface area (Å²) in [5, 5.41) is 2.49. The Morgan fingerprint density at radius 2 is 0.602 bits per heavy atom. The van der Waals surface area contributed by atoms with Gasteiger partial charge in [0.15, 0.2) is 0 Å². The van der Waals surface area contributed by atoms with Gasteiger partial charge in [0.25, 0.3) is 0 Å². The average Bonchev–Trinajstić information content (AvgIpc) is 2.10. The van der Waals surface area contributed by atoms with E-state index in [2.05, 4.69) is 337 Å². The SMILES string of the molecule is Cn1c2ccccc2c2ccc(N(c3ccccc3)c3cc4c(cc3-c3ccc(-c5ccccc5)cc3)-c3ccccc3[C@@]43c4ccccc4-c4cc(-c5ccc(-c6ccccc6)cc5)c(N(c5ccccc5)c5ccccc5)cc43)cc21. The molecule has 390 valence electrons. The van der Waals surface area contributed by atoms with Gasteiger partial charge in [-0.15, -0.1) is 0 Å². The minimum absolute atomic E-state index is 0.714. The third-order valence-corrected chi connectivity index (χ3v) is 17.6. The summed E-state index contributed by atoms with van der Waals surface area (Å²) < 4.78 is 2.35. The lowest BCUT2D eigenvalue weighted by molar-refractivity contribution is 0.793. The third-order valence-electron chi connectivity index (χ3n) is 17.6. The van der Waals surface area contributed by atoms with Crippen LogP contribution in [-0.4, -0.2) is 4.57 Å². The monoisotopic (exact) mass is 1060 g/mol. The molecule has 0 fully saturated rings. The van der Waals surface area contributed by atoms with Crippen LogP contribution in [0.5, 0.6) is 0 Å². The van der Waals surface area contributed by atoms with Crippen LogP contribution in [0.25, 0.3) is 88.6 Å². The smallest absolute Gasteiger partial charge is 0.0727 e. The van der Waals surface area contributed by atoms with Gasteiger partial charge in [0.2, 0.25) is 0 Å². The number of hydrogen-bond acceptors (Lipinski definition) is 2. The van der Waals surface area contributed by atoms with E-state index in [9.17, 15) is 0 Å². The molecule has 2 aliphatic carbocycles. The Balaban J connectivity index is 0.999. The van der Waals surface area contributed by atoms with Gasteiger partial charge < -0.3 is 14.4 Å². The summed E-state index contributed by atoms with van der Waals surface area (Å²) in [6.07, 6.45) is 0. The van der Waals surface area contributed by atoms with Gasteiger partial charge in [-0.25, -0.2) is 0 Å². The van der Waals surface area contributed by atoms with Crippen LogP contribution in [0.2, 0.25) is 0 Å². The molecule has 0 aliphatic heterocycles. The fourth-order valence-electron chi connectivity index (χ4n) is 13.9. The van der Waals surface area contributed by atoms with Crippen LogP contribution in [0.3, 0.4) is 0 Å². The molecule has 2 aliphatic rings. The van der Waals surface area contributed by atoms with E-state index in [1.54, 1.807) is 0 Å². The molecule has 1 aromatic heterocycles. The molecule has 13 aromatic carbocycles. The summed E-state index contributed by atoms with van der Waals surface area (Å²) in [4.78, 5) is 4.98. The highest BCUT2D eigenvalue weighted by atomic mass is 15.2. The van der Waals surface area contributed by atoms with Crippen molar-refractivity contribution in [3.05, 3.63) is 338 Å². The molecule has 3 heteroatoms. The molecule has 1 spiro atoms. The number of rotatable bonds is 10. The van der Waals surface area contributed by atoms with E-state index in [1.165, 1.54) is 88.6 Å². The van der Waals surface area contributed by atoms with Crippen LogP contribution in [0.1, 0.15) is 22.3 Å². The number of fused-ring (bicyclic) bond motifs is 13. The summed E-state index contributed by atoms with van der Waals surface area (Å²) >= 11 is 0. The lowest BCUT2D eigenvalue weighted by atomic mass is 9.70. The number of hydrogen-bond donors (Lipinski definition) is 0. The first kappa shape index (κ1) is 48.2. The standard InChI is InChI=1S/C80H55N3/c1-81-76-38-22-19-35-66(76)67-48-47-63(49-77(67)81)83(62-31-15-6-16-32-62)79-53-75-71(51-69(79)59-45-41-57(42-46-59)55-25-9-3-10-26-55)65-34-18-21-37-73(65)80(75)72-36-20-17-33-64(72)70-50-68(58-43-39-56(40-44-58)54-23-7-2-8-24-54)78(52-74(70)80)82(60-27-11-4-12-28-60)61-29-13-5-14-30-61/h2-53H,1H3/t80-/m1/s1. The Bertz CT molecular complexity index is 4710. The van der Waals surface area contributed by atoms with Crippen molar-refractivity contribution in [2.75, 3.05) is 9.80 Å². The molecule has 83 heavy (non-hydrogen) atoms. The van der Waals surface area contributed by atoms with Gasteiger partial charge in [-0.2, -0.15) is 0 Å². The van der Waals surface area contributed by atoms with Crippen molar-refractivity contribution in [1.82, 2.24) is 4.57 Å². The lowest BCUT2D eigenvalue weighted by Crippen LogP contribution is -2.27. The Morgan fingerprint density at radius 3 is 1.07 bits per heavy atom. The second kappa shape index (κ2) is 19.5. The van der Waals surface area contributed by atoms with Crippen molar-refractivity contribution < 1.29 is 0 Å². The molecule has 0 saturated carbocycles. The van der Waals surface area contributed by atoms with Gasteiger partial charge in [0.05, 0.1) is 22.3 Å². The quantitative estimate of drug-likeness (QED) is 0.135. The maximum absolute atomic E-state index is 2.57. The van der Waals surface area contributed by atoms with E-state index in [4.69, 9.17) is 0 Å². The Hall–Kier alpha value is -10.7. The first-order chi connectivity index (χ1) is 41.1. The van der Waals surface area contributed by atoms with Crippen molar-refractivity contribution in [1.29, 1.82) is 0 Å². The van der Waals surface area contributed by atoms with Gasteiger partial charge >= 0.3 is 0 Å². The number of anilines is 6. The fourth-order valence-corrected chi connectivity index (χ4v) is 13.9. The fraction of sp³-hybridized carbons (Fsp3) is 0.0250. The summed E-state index contributed by atoms with van der Waals surface area (Å²) in [6.45, 7) is 0. The van der Waals surface area contributed by atoms with Gasteiger partial charge in [-0.1, -0.05) is 237 Å². The molecule has 16 rings (SSSR count). The van der Waals surface area contributed by atoms with Crippen LogP contribution in [0.15, 0.2) is 315 Å². The van der Waals surface area contributed by atoms with Gasteiger partial charge in [0.1, 0.15) is 0 Å². The largest absolute Gasteiger partial charge is 0.344 e. The minimum atomic E-state index is -0.714. The normalized spacial score (nSPS) is 13.7. The minimum Gasteiger partial charge on any atom is -0.344 e. The number of aromatic nitrogens is 1. The second-order valence-electron chi connectivity index (χ2n) is 22.0. The molecular formula is C80H55N3. The molecule has 0 radical (unpaired) electrons. The molecule has 0 unspecified atom stereocenters. The summed E-state index contributed by atoms with van der Waals surface area (Å²) in [6, 6.07) is 117. The molecule has 1 heterocycles. The van der Waals surface area contributed by atoms with E-state index in [0.717, 1.165) is 56.4 Å². The van der Waals surface area contributed by atoms with Crippen molar-refractivity contribution in [2.24, 2.45) is 7.05 Å². The van der Waals surface area contributed by atoms with Gasteiger partial charge in [0, 0.05) is 57.2 Å². The third kappa shape index (κ3) is 7.66. The molecule has 1 atom stereocenters. The topological polar surface area (TPSA) is 11.4 Å². The Kier molecular flexibility index (Phi) is 11.3. The van der Waals surface area contributed by atoms with Crippen molar-refractivity contribution in [2.45, 2.75) is 5.41 Å². The lowest BCUT2D eigenvalue weighted by Gasteiger charge is -2.35. The van der Waals surface area contributed by atoms with Crippen LogP contribution >= 0.6 is 0 Å². The predicted octanol–water partition coefficient (Wildman–Crippen LogP) is 21.3. The van der Waals surface area contributed by atoms with E-state index in [-0.39, 0.29) is 0 Å². The Labute approximate surface area is 484 Å². The number of nitrogens with zero attached hydrogens (tertiary/aromatic N) is 3. The number of aryl methyl sites for hydroxylation is 1. The van der Waals surface area contributed by atoms with Crippen LogP contribution in [0, 0.1) is 0 Å². The second-order valence-corrected chi connectivity index (χ2v) is 22.0. The molecular weight excluding hydrogens is 1000 g/mol. The predicted molar refractivity (Wildman–Crippen MR) is 348 cm³/mol. The molecule has 0 bridgehead atoms. The first-order valence-corrected chi connectivity index (χ1v) is 28.7. The van der Waals surface area contributed by atoms with Crippen molar-refractivity contribution in [3.63, 3.8) is 0 Å². The zero-order valence-corrected chi connectivity index (χ0v) is 45.9. The van der Waals surface area contributed by atoms with E-state index >= 15 is 0 Å². The van der Waals surface area contributed by atoms with Crippen LogP contribution < -0.4 is 9.80 Å². The highest BCUT2D eigenvalue weighted by Crippen LogP contribution is 2.66. The zero-order chi connectivity index (χ0) is 55.0.